The average molecular weight is 297 g/mol. The van der Waals surface area contributed by atoms with Crippen molar-refractivity contribution in [2.45, 2.75) is 6.92 Å². The highest BCUT2D eigenvalue weighted by molar-refractivity contribution is 5.59. The van der Waals surface area contributed by atoms with E-state index < -0.39 is 0 Å². The van der Waals surface area contributed by atoms with Gasteiger partial charge in [0.1, 0.15) is 18.0 Å². The quantitative estimate of drug-likeness (QED) is 0.872. The number of carbonyl (C=O) groups is 1. The first-order chi connectivity index (χ1) is 10.7. The van der Waals surface area contributed by atoms with Crippen LogP contribution in [0.25, 0.3) is 0 Å². The predicted octanol–water partition coefficient (Wildman–Crippen LogP) is 1.81. The highest BCUT2D eigenvalue weighted by Crippen LogP contribution is 2.19. The standard InChI is InChI=1S/C16H19N5O/c1-13-2-4-14(5-3-13)19-15-10-16(18-11-17-15)21-8-6-20(12-22)7-9-21/h2-5,10-12H,6-9H2,1H3,(H,17,18,19). The molecule has 1 saturated heterocycles. The van der Waals surface area contributed by atoms with Crippen molar-refractivity contribution in [1.29, 1.82) is 0 Å². The lowest BCUT2D eigenvalue weighted by Crippen LogP contribution is -2.46. The highest BCUT2D eigenvalue weighted by Gasteiger charge is 2.17. The SMILES string of the molecule is Cc1ccc(Nc2cc(N3CCN(C=O)CC3)ncn2)cc1. The minimum absolute atomic E-state index is 0.730. The smallest absolute Gasteiger partial charge is 0.209 e. The molecule has 0 spiro atoms. The Labute approximate surface area is 129 Å². The molecule has 1 aliphatic rings. The van der Waals surface area contributed by atoms with Crippen LogP contribution in [0.4, 0.5) is 17.3 Å². The first-order valence-corrected chi connectivity index (χ1v) is 7.34. The van der Waals surface area contributed by atoms with E-state index in [4.69, 9.17) is 0 Å². The topological polar surface area (TPSA) is 61.4 Å². The summed E-state index contributed by atoms with van der Waals surface area (Å²) in [4.78, 5) is 23.3. The molecular weight excluding hydrogens is 278 g/mol. The summed E-state index contributed by atoms with van der Waals surface area (Å²) in [5.41, 5.74) is 2.22. The molecule has 2 heterocycles. The Morgan fingerprint density at radius 3 is 2.50 bits per heavy atom. The molecule has 6 nitrogen and oxygen atoms in total. The molecule has 0 radical (unpaired) electrons. The van der Waals surface area contributed by atoms with Crippen molar-refractivity contribution in [2.24, 2.45) is 0 Å². The Hall–Kier alpha value is -2.63. The maximum absolute atomic E-state index is 10.8. The lowest BCUT2D eigenvalue weighted by Gasteiger charge is -2.33. The third kappa shape index (κ3) is 3.33. The molecule has 1 N–H and O–H groups in total. The number of nitrogens with one attached hydrogen (secondary N) is 1. The van der Waals surface area contributed by atoms with Gasteiger partial charge in [0.25, 0.3) is 0 Å². The van der Waals surface area contributed by atoms with E-state index in [0.29, 0.717) is 0 Å². The van der Waals surface area contributed by atoms with Gasteiger partial charge in [0.15, 0.2) is 0 Å². The molecule has 6 heteroatoms. The molecule has 1 amide bonds. The third-order valence-corrected chi connectivity index (χ3v) is 3.76. The van der Waals surface area contributed by atoms with Gasteiger partial charge >= 0.3 is 0 Å². The van der Waals surface area contributed by atoms with Crippen LogP contribution in [0, 0.1) is 6.92 Å². The summed E-state index contributed by atoms with van der Waals surface area (Å²) in [5.74, 6) is 1.65. The van der Waals surface area contributed by atoms with Gasteiger partial charge in [-0.1, -0.05) is 17.7 Å². The second-order valence-electron chi connectivity index (χ2n) is 5.38. The van der Waals surface area contributed by atoms with Gasteiger partial charge in [-0.2, -0.15) is 0 Å². The van der Waals surface area contributed by atoms with Crippen LogP contribution in [-0.2, 0) is 4.79 Å². The van der Waals surface area contributed by atoms with Gasteiger partial charge < -0.3 is 15.1 Å². The van der Waals surface area contributed by atoms with Crippen molar-refractivity contribution in [3.8, 4) is 0 Å². The van der Waals surface area contributed by atoms with Gasteiger partial charge in [-0.25, -0.2) is 9.97 Å². The lowest BCUT2D eigenvalue weighted by atomic mass is 10.2. The van der Waals surface area contributed by atoms with E-state index in [1.54, 1.807) is 11.2 Å². The first kappa shape index (κ1) is 14.3. The molecular formula is C16H19N5O. The number of hydrogen-bond donors (Lipinski definition) is 1. The van der Waals surface area contributed by atoms with Crippen molar-refractivity contribution in [2.75, 3.05) is 36.4 Å². The van der Waals surface area contributed by atoms with Crippen molar-refractivity contribution in [1.82, 2.24) is 14.9 Å². The minimum Gasteiger partial charge on any atom is -0.353 e. The summed E-state index contributed by atoms with van der Waals surface area (Å²) >= 11 is 0. The van der Waals surface area contributed by atoms with Crippen molar-refractivity contribution in [3.63, 3.8) is 0 Å². The largest absolute Gasteiger partial charge is 0.353 e. The van der Waals surface area contributed by atoms with E-state index in [1.807, 2.05) is 18.2 Å². The fraction of sp³-hybridized carbons (Fsp3) is 0.312. The number of rotatable bonds is 4. The van der Waals surface area contributed by atoms with Crippen LogP contribution in [0.2, 0.25) is 0 Å². The number of aromatic nitrogens is 2. The van der Waals surface area contributed by atoms with Crippen LogP contribution >= 0.6 is 0 Å². The molecule has 0 unspecified atom stereocenters. The number of nitrogens with zero attached hydrogens (tertiary/aromatic N) is 4. The fourth-order valence-corrected chi connectivity index (χ4v) is 2.43. The molecule has 0 saturated carbocycles. The lowest BCUT2D eigenvalue weighted by molar-refractivity contribution is -0.118. The molecule has 1 aliphatic heterocycles. The number of piperazine rings is 1. The van der Waals surface area contributed by atoms with E-state index >= 15 is 0 Å². The molecule has 3 rings (SSSR count). The minimum atomic E-state index is 0.730. The summed E-state index contributed by atoms with van der Waals surface area (Å²) in [5, 5.41) is 3.29. The van der Waals surface area contributed by atoms with Gasteiger partial charge in [-0.15, -0.1) is 0 Å². The van der Waals surface area contributed by atoms with Crippen LogP contribution in [-0.4, -0.2) is 47.5 Å². The summed E-state index contributed by atoms with van der Waals surface area (Å²) in [6.07, 6.45) is 2.47. The van der Waals surface area contributed by atoms with Gasteiger partial charge in [0.05, 0.1) is 0 Å². The predicted molar refractivity (Wildman–Crippen MR) is 86.3 cm³/mol. The summed E-state index contributed by atoms with van der Waals surface area (Å²) < 4.78 is 0. The van der Waals surface area contributed by atoms with E-state index in [9.17, 15) is 4.79 Å². The number of carbonyl (C=O) groups excluding carboxylic acids is 1. The van der Waals surface area contributed by atoms with Crippen molar-refractivity contribution >= 4 is 23.7 Å². The van der Waals surface area contributed by atoms with Crippen LogP contribution in [0.3, 0.4) is 0 Å². The molecule has 0 bridgehead atoms. The van der Waals surface area contributed by atoms with E-state index in [1.165, 1.54) is 5.56 Å². The Kier molecular flexibility index (Phi) is 4.18. The Balaban J connectivity index is 1.70. The van der Waals surface area contributed by atoms with E-state index in [0.717, 1.165) is 49.9 Å². The number of benzene rings is 1. The maximum Gasteiger partial charge on any atom is 0.209 e. The van der Waals surface area contributed by atoms with Crippen LogP contribution in [0.5, 0.6) is 0 Å². The Morgan fingerprint density at radius 1 is 1.09 bits per heavy atom. The molecule has 1 fully saturated rings. The Bertz CT molecular complexity index is 635. The van der Waals surface area contributed by atoms with Crippen LogP contribution in [0.1, 0.15) is 5.56 Å². The summed E-state index contributed by atoms with van der Waals surface area (Å²) in [6, 6.07) is 10.1. The molecule has 1 aromatic carbocycles. The zero-order valence-corrected chi connectivity index (χ0v) is 12.6. The molecule has 0 aliphatic carbocycles. The number of aryl methyl sites for hydroxylation is 1. The van der Waals surface area contributed by atoms with Crippen LogP contribution < -0.4 is 10.2 Å². The third-order valence-electron chi connectivity index (χ3n) is 3.76. The van der Waals surface area contributed by atoms with E-state index in [2.05, 4.69) is 39.2 Å². The van der Waals surface area contributed by atoms with E-state index in [-0.39, 0.29) is 0 Å². The molecule has 114 valence electrons. The highest BCUT2D eigenvalue weighted by atomic mass is 16.1. The van der Waals surface area contributed by atoms with Gasteiger partial charge in [-0.05, 0) is 19.1 Å². The average Bonchev–Trinajstić information content (AvgIpc) is 2.57. The van der Waals surface area contributed by atoms with Gasteiger partial charge in [0.2, 0.25) is 6.41 Å². The molecule has 1 aromatic heterocycles. The van der Waals surface area contributed by atoms with Crippen molar-refractivity contribution in [3.05, 3.63) is 42.2 Å². The number of amides is 1. The zero-order valence-electron chi connectivity index (χ0n) is 12.6. The summed E-state index contributed by atoms with van der Waals surface area (Å²) in [7, 11) is 0. The van der Waals surface area contributed by atoms with Gasteiger partial charge in [-0.3, -0.25) is 4.79 Å². The number of anilines is 3. The maximum atomic E-state index is 10.8. The second-order valence-corrected chi connectivity index (χ2v) is 5.38. The molecule has 22 heavy (non-hydrogen) atoms. The summed E-state index contributed by atoms with van der Waals surface area (Å²) in [6.45, 7) is 5.10. The number of hydrogen-bond acceptors (Lipinski definition) is 5. The molecule has 0 atom stereocenters. The molecule has 2 aromatic rings. The second kappa shape index (κ2) is 6.43. The first-order valence-electron chi connectivity index (χ1n) is 7.34. The Morgan fingerprint density at radius 2 is 1.82 bits per heavy atom. The monoisotopic (exact) mass is 297 g/mol. The fourth-order valence-electron chi connectivity index (χ4n) is 2.43. The van der Waals surface area contributed by atoms with Gasteiger partial charge in [0, 0.05) is 37.9 Å². The normalized spacial score (nSPS) is 14.8. The zero-order chi connectivity index (χ0) is 15.4. The van der Waals surface area contributed by atoms with Crippen LogP contribution in [0.15, 0.2) is 36.7 Å². The van der Waals surface area contributed by atoms with Crippen molar-refractivity contribution < 1.29 is 4.79 Å².